The van der Waals surface area contributed by atoms with E-state index in [1.54, 1.807) is 17.0 Å². The first-order valence-electron chi connectivity index (χ1n) is 9.00. The molecule has 28 heavy (non-hydrogen) atoms. The Morgan fingerprint density at radius 1 is 1.21 bits per heavy atom. The largest absolute Gasteiger partial charge is 0.503 e. The van der Waals surface area contributed by atoms with Gasteiger partial charge in [0.15, 0.2) is 17.2 Å². The van der Waals surface area contributed by atoms with Crippen molar-refractivity contribution in [3.63, 3.8) is 0 Å². The summed E-state index contributed by atoms with van der Waals surface area (Å²) in [5.41, 5.74) is -0.175. The number of ketones is 1. The molecule has 0 radical (unpaired) electrons. The summed E-state index contributed by atoms with van der Waals surface area (Å²) in [4.78, 5) is 39.3. The number of pyridine rings is 1. The van der Waals surface area contributed by atoms with E-state index in [2.05, 4.69) is 0 Å². The van der Waals surface area contributed by atoms with Crippen LogP contribution in [0.4, 0.5) is 4.39 Å². The molecule has 0 spiro atoms. The van der Waals surface area contributed by atoms with Crippen LogP contribution in [0.25, 0.3) is 0 Å². The van der Waals surface area contributed by atoms with Gasteiger partial charge >= 0.3 is 0 Å². The van der Waals surface area contributed by atoms with Gasteiger partial charge in [0.2, 0.25) is 5.43 Å². The van der Waals surface area contributed by atoms with Crippen LogP contribution in [0.2, 0.25) is 0 Å². The minimum absolute atomic E-state index is 0. The second kappa shape index (κ2) is 7.58. The summed E-state index contributed by atoms with van der Waals surface area (Å²) >= 11 is 0. The van der Waals surface area contributed by atoms with Gasteiger partial charge < -0.3 is 22.0 Å². The van der Waals surface area contributed by atoms with Gasteiger partial charge in [0.05, 0.1) is 11.6 Å². The van der Waals surface area contributed by atoms with Crippen molar-refractivity contribution >= 4 is 11.7 Å². The molecule has 6 nitrogen and oxygen atoms in total. The van der Waals surface area contributed by atoms with E-state index in [4.69, 9.17) is 0 Å². The highest BCUT2D eigenvalue weighted by Crippen LogP contribution is 2.29. The number of aromatic hydroxyl groups is 1. The lowest BCUT2D eigenvalue weighted by molar-refractivity contribution is 0.0659. The summed E-state index contributed by atoms with van der Waals surface area (Å²) in [5, 5.41) is 10.3. The van der Waals surface area contributed by atoms with Crippen LogP contribution < -0.4 is 5.43 Å². The van der Waals surface area contributed by atoms with E-state index in [0.717, 1.165) is 18.4 Å². The molecule has 0 saturated carbocycles. The molecule has 1 saturated heterocycles. The summed E-state index contributed by atoms with van der Waals surface area (Å²) in [6.07, 6.45) is 3.57. The second-order valence-electron chi connectivity index (χ2n) is 7.07. The van der Waals surface area contributed by atoms with Gasteiger partial charge in [0, 0.05) is 25.7 Å². The van der Waals surface area contributed by atoms with E-state index >= 15 is 0 Å². The monoisotopic (exact) mass is 385 g/mol. The maximum Gasteiger partial charge on any atom is 0.274 e. The van der Waals surface area contributed by atoms with E-state index in [1.165, 1.54) is 22.9 Å². The Hall–Kier alpha value is -2.96. The molecular weight excluding hydrogens is 363 g/mol. The van der Waals surface area contributed by atoms with Crippen LogP contribution in [0, 0.1) is 13.2 Å². The zero-order chi connectivity index (χ0) is 19.1. The topological polar surface area (TPSA) is 79.6 Å². The second-order valence-corrected chi connectivity index (χ2v) is 7.07. The first kappa shape index (κ1) is 19.8. The fourth-order valence-corrected chi connectivity index (χ4v) is 3.92. The lowest BCUT2D eigenvalue weighted by Crippen LogP contribution is -2.45. The van der Waals surface area contributed by atoms with Gasteiger partial charge in [0.25, 0.3) is 5.91 Å². The number of Topliss-reactive ketones (excluding diaryl/α,β-unsaturated/α-hetero) is 1. The molecule has 4 rings (SSSR count). The van der Waals surface area contributed by atoms with Crippen molar-refractivity contribution in [3.8, 4) is 5.75 Å². The lowest BCUT2D eigenvalue weighted by atomic mass is 10.0. The highest BCUT2D eigenvalue weighted by atomic mass is 19.1. The molecule has 2 aromatic rings. The number of fused-ring (bicyclic) bond motifs is 2. The fraction of sp³-hybridized carbons (Fsp3) is 0.333. The molecule has 1 atom stereocenters. The minimum atomic E-state index is -0.809. The van der Waals surface area contributed by atoms with Gasteiger partial charge in [-0.05, 0) is 37.0 Å². The number of amides is 1. The van der Waals surface area contributed by atoms with Crippen LogP contribution in [-0.2, 0) is 13.0 Å². The summed E-state index contributed by atoms with van der Waals surface area (Å²) < 4.78 is 14.5. The van der Waals surface area contributed by atoms with Crippen LogP contribution in [-0.4, -0.2) is 38.9 Å². The summed E-state index contributed by atoms with van der Waals surface area (Å²) in [7, 11) is 0. The van der Waals surface area contributed by atoms with E-state index < -0.39 is 17.0 Å². The number of aryl methyl sites for hydroxylation is 1. The average Bonchev–Trinajstić information content (AvgIpc) is 3.12. The van der Waals surface area contributed by atoms with E-state index in [1.807, 2.05) is 0 Å². The number of hydrogen-bond acceptors (Lipinski definition) is 4. The zero-order valence-electron chi connectivity index (χ0n) is 15.7. The van der Waals surface area contributed by atoms with Gasteiger partial charge in [0.1, 0.15) is 5.82 Å². The molecule has 0 unspecified atom stereocenters. The number of halogens is 1. The first-order valence-corrected chi connectivity index (χ1v) is 9.00. The Balaban J connectivity index is 0.00000225. The van der Waals surface area contributed by atoms with Crippen LogP contribution >= 0.6 is 0 Å². The summed E-state index contributed by atoms with van der Waals surface area (Å²) in [6.45, 7) is 1.09. The number of rotatable bonds is 4. The maximum absolute atomic E-state index is 13.0. The third-order valence-corrected chi connectivity index (χ3v) is 5.36. The number of carbonyl (C=O) groups is 2. The van der Waals surface area contributed by atoms with Gasteiger partial charge in [-0.2, -0.15) is 0 Å². The fourth-order valence-electron chi connectivity index (χ4n) is 3.92. The van der Waals surface area contributed by atoms with Gasteiger partial charge in [-0.15, -0.1) is 0 Å². The highest BCUT2D eigenvalue weighted by molar-refractivity contribution is 6.00. The van der Waals surface area contributed by atoms with Gasteiger partial charge in [-0.25, -0.2) is 4.39 Å². The van der Waals surface area contributed by atoms with Crippen molar-refractivity contribution in [1.82, 2.24) is 9.47 Å². The maximum atomic E-state index is 13.0. The van der Waals surface area contributed by atoms with Crippen molar-refractivity contribution in [3.05, 3.63) is 70.8 Å². The Kier molecular flexibility index (Phi) is 5.36. The number of benzene rings is 1. The molecule has 0 bridgehead atoms. The zero-order valence-corrected chi connectivity index (χ0v) is 15.7. The molecule has 1 aromatic heterocycles. The number of aromatic nitrogens is 1. The van der Waals surface area contributed by atoms with Crippen molar-refractivity contribution in [2.45, 2.75) is 38.3 Å². The molecule has 1 N–H and O–H groups in total. The van der Waals surface area contributed by atoms with E-state index in [0.29, 0.717) is 19.5 Å². The Morgan fingerprint density at radius 2 is 1.93 bits per heavy atom. The third kappa shape index (κ3) is 3.32. The smallest absolute Gasteiger partial charge is 0.274 e. The molecule has 1 fully saturated rings. The first-order chi connectivity index (χ1) is 13.0. The Morgan fingerprint density at radius 3 is 2.64 bits per heavy atom. The standard InChI is InChI=1S/C20H19FN2O4.CH3/c21-13-6-3-12(4-7-13)5-8-16(24)15-11-22-10-14-2-1-9-23(14)20(27)17(22)19(26)18(15)25;/h3-4,6-7,11,14,26H,1-2,5,8-10H2;1H3/q;-1/t14-;/m1./s1. The van der Waals surface area contributed by atoms with E-state index in [9.17, 15) is 23.9 Å². The molecule has 3 heterocycles. The Labute approximate surface area is 162 Å². The quantitative estimate of drug-likeness (QED) is 0.648. The van der Waals surface area contributed by atoms with Crippen LogP contribution in [0.3, 0.4) is 0 Å². The van der Waals surface area contributed by atoms with Crippen LogP contribution in [0.1, 0.15) is 45.7 Å². The van der Waals surface area contributed by atoms with Crippen molar-refractivity contribution < 1.29 is 19.1 Å². The normalized spacial score (nSPS) is 17.7. The lowest BCUT2D eigenvalue weighted by Gasteiger charge is -2.33. The van der Waals surface area contributed by atoms with Gasteiger partial charge in [-0.1, -0.05) is 12.1 Å². The predicted octanol–water partition coefficient (Wildman–Crippen LogP) is 2.58. The number of hydrogen-bond donors (Lipinski definition) is 1. The van der Waals surface area contributed by atoms with E-state index in [-0.39, 0.29) is 42.9 Å². The molecule has 2 aliphatic rings. The summed E-state index contributed by atoms with van der Waals surface area (Å²) in [5.74, 6) is -1.77. The molecule has 7 heteroatoms. The highest BCUT2D eigenvalue weighted by Gasteiger charge is 2.38. The van der Waals surface area contributed by atoms with Crippen molar-refractivity contribution in [2.75, 3.05) is 6.54 Å². The van der Waals surface area contributed by atoms with Crippen molar-refractivity contribution in [1.29, 1.82) is 0 Å². The minimum Gasteiger partial charge on any atom is -0.503 e. The number of carbonyl (C=O) groups excluding carboxylic acids is 2. The predicted molar refractivity (Wildman–Crippen MR) is 102 cm³/mol. The van der Waals surface area contributed by atoms with Crippen LogP contribution in [0.15, 0.2) is 35.3 Å². The molecule has 1 aromatic carbocycles. The molecular formula is C21H22FN2O4-. The third-order valence-electron chi connectivity index (χ3n) is 5.36. The Bertz CT molecular complexity index is 981. The van der Waals surface area contributed by atoms with Gasteiger partial charge in [-0.3, -0.25) is 14.4 Å². The number of nitrogens with zero attached hydrogens (tertiary/aromatic N) is 2. The van der Waals surface area contributed by atoms with Crippen molar-refractivity contribution in [2.24, 2.45) is 0 Å². The SMILES string of the molecule is O=C(CCc1ccc(F)cc1)c1cn2c(c(O)c1=O)C(=O)N1CCC[C@@H]1C2.[CH3-]. The molecule has 2 aliphatic heterocycles. The average molecular weight is 385 g/mol. The van der Waals surface area contributed by atoms with Crippen LogP contribution in [0.5, 0.6) is 5.75 Å². The molecule has 0 aliphatic carbocycles. The molecule has 1 amide bonds. The molecule has 148 valence electrons. The summed E-state index contributed by atoms with van der Waals surface area (Å²) in [6, 6.07) is 5.85.